The standard InChI is InChI=1S/C32H33N5O3S/c1-36-17-20(15-26(31(36)39)35-29-10-9-19-16-33-13-11-25(19)34-29)21-6-4-7-27(24(21)18-38)37-14-12-23-22-5-2-3-8-28(22)41-30(23)32(37)40/h4,6-7,9-10,15,17,33,38H,2-3,5,8,11-14,16,18H2,1H3,(H,34,35). The van der Waals surface area contributed by atoms with Gasteiger partial charge in [0.25, 0.3) is 11.5 Å². The number of nitrogens with one attached hydrogen (secondary N) is 2. The molecule has 7 rings (SSSR count). The molecule has 1 aromatic carbocycles. The quantitative estimate of drug-likeness (QED) is 0.329. The molecule has 1 amide bonds. The van der Waals surface area contributed by atoms with E-state index in [9.17, 15) is 14.7 Å². The van der Waals surface area contributed by atoms with Crippen molar-refractivity contribution in [2.75, 3.05) is 23.3 Å². The zero-order valence-corrected chi connectivity index (χ0v) is 23.9. The predicted octanol–water partition coefficient (Wildman–Crippen LogP) is 4.47. The Morgan fingerprint density at radius 3 is 2.83 bits per heavy atom. The Hall–Kier alpha value is -3.79. The van der Waals surface area contributed by atoms with Gasteiger partial charge in [0, 0.05) is 61.0 Å². The molecule has 210 valence electrons. The van der Waals surface area contributed by atoms with Crippen LogP contribution in [-0.4, -0.2) is 33.7 Å². The molecule has 41 heavy (non-hydrogen) atoms. The average Bonchev–Trinajstić information content (AvgIpc) is 3.39. The minimum atomic E-state index is -0.227. The highest BCUT2D eigenvalue weighted by molar-refractivity contribution is 7.14. The molecule has 0 spiro atoms. The summed E-state index contributed by atoms with van der Waals surface area (Å²) in [5.41, 5.74) is 8.07. The minimum absolute atomic E-state index is 0.0222. The van der Waals surface area contributed by atoms with Crippen molar-refractivity contribution in [1.82, 2.24) is 14.9 Å². The number of aliphatic hydroxyl groups is 1. The molecule has 0 bridgehead atoms. The fourth-order valence-corrected chi connectivity index (χ4v) is 7.89. The third kappa shape index (κ3) is 4.58. The number of nitrogens with zero attached hydrogens (tertiary/aromatic N) is 3. The van der Waals surface area contributed by atoms with Crippen molar-refractivity contribution in [2.45, 2.75) is 51.7 Å². The highest BCUT2D eigenvalue weighted by atomic mass is 32.1. The molecular weight excluding hydrogens is 534 g/mol. The van der Waals surface area contributed by atoms with E-state index in [1.54, 1.807) is 29.1 Å². The molecule has 0 radical (unpaired) electrons. The van der Waals surface area contributed by atoms with Crippen LogP contribution in [0.4, 0.5) is 17.2 Å². The Morgan fingerprint density at radius 1 is 1.07 bits per heavy atom. The van der Waals surface area contributed by atoms with E-state index in [0.717, 1.165) is 66.2 Å². The number of carbonyl (C=O) groups excluding carboxylic acids is 1. The van der Waals surface area contributed by atoms with E-state index in [-0.39, 0.29) is 18.1 Å². The van der Waals surface area contributed by atoms with E-state index in [1.807, 2.05) is 41.3 Å². The number of hydrogen-bond acceptors (Lipinski definition) is 7. The van der Waals surface area contributed by atoms with Gasteiger partial charge in [0.05, 0.1) is 17.2 Å². The summed E-state index contributed by atoms with van der Waals surface area (Å²) in [4.78, 5) is 35.7. The van der Waals surface area contributed by atoms with Crippen LogP contribution in [0, 0.1) is 0 Å². The Bertz CT molecular complexity index is 1740. The third-order valence-corrected chi connectivity index (χ3v) is 9.91. The number of aliphatic hydroxyl groups excluding tert-OH is 1. The second-order valence-corrected chi connectivity index (χ2v) is 12.2. The van der Waals surface area contributed by atoms with Gasteiger partial charge < -0.3 is 25.2 Å². The number of thiophene rings is 1. The lowest BCUT2D eigenvalue weighted by Crippen LogP contribution is -2.37. The fraction of sp³-hybridized carbons (Fsp3) is 0.344. The number of benzene rings is 1. The summed E-state index contributed by atoms with van der Waals surface area (Å²) in [6, 6.07) is 11.5. The summed E-state index contributed by atoms with van der Waals surface area (Å²) in [5, 5.41) is 17.2. The Kier molecular flexibility index (Phi) is 6.73. The molecule has 9 heteroatoms. The van der Waals surface area contributed by atoms with Gasteiger partial charge in [-0.25, -0.2) is 4.98 Å². The van der Waals surface area contributed by atoms with Crippen molar-refractivity contribution in [3.63, 3.8) is 0 Å². The predicted molar refractivity (Wildman–Crippen MR) is 162 cm³/mol. The number of aryl methyl sites for hydroxylation is 2. The molecule has 3 aromatic heterocycles. The molecule has 0 saturated heterocycles. The summed E-state index contributed by atoms with van der Waals surface area (Å²) in [6.07, 6.45) is 7.99. The van der Waals surface area contributed by atoms with Gasteiger partial charge >= 0.3 is 0 Å². The molecule has 5 heterocycles. The van der Waals surface area contributed by atoms with E-state index in [4.69, 9.17) is 4.98 Å². The maximum absolute atomic E-state index is 13.8. The lowest BCUT2D eigenvalue weighted by Gasteiger charge is -2.30. The van der Waals surface area contributed by atoms with Crippen LogP contribution in [0.3, 0.4) is 0 Å². The van der Waals surface area contributed by atoms with Gasteiger partial charge in [-0.3, -0.25) is 9.59 Å². The highest BCUT2D eigenvalue weighted by Gasteiger charge is 2.33. The van der Waals surface area contributed by atoms with Gasteiger partial charge in [0.15, 0.2) is 0 Å². The van der Waals surface area contributed by atoms with E-state index < -0.39 is 0 Å². The zero-order valence-electron chi connectivity index (χ0n) is 23.1. The molecule has 0 fully saturated rings. The van der Waals surface area contributed by atoms with Crippen LogP contribution in [0.2, 0.25) is 0 Å². The third-order valence-electron chi connectivity index (χ3n) is 8.59. The number of anilines is 3. The first kappa shape index (κ1) is 26.1. The first-order valence-corrected chi connectivity index (χ1v) is 15.2. The van der Waals surface area contributed by atoms with Gasteiger partial charge in [-0.05, 0) is 72.6 Å². The normalized spacial score (nSPS) is 16.2. The van der Waals surface area contributed by atoms with E-state index in [2.05, 4.69) is 10.6 Å². The molecule has 0 atom stereocenters. The molecule has 4 aromatic rings. The van der Waals surface area contributed by atoms with Crippen LogP contribution in [-0.2, 0) is 45.9 Å². The molecular formula is C32H33N5O3S. The van der Waals surface area contributed by atoms with E-state index >= 15 is 0 Å². The maximum Gasteiger partial charge on any atom is 0.274 e. The Labute approximate surface area is 242 Å². The second kappa shape index (κ2) is 10.6. The number of hydrogen-bond donors (Lipinski definition) is 3. The minimum Gasteiger partial charge on any atom is -0.392 e. The number of aromatic nitrogens is 2. The topological polar surface area (TPSA) is 99.5 Å². The summed E-state index contributed by atoms with van der Waals surface area (Å²) in [7, 11) is 1.72. The van der Waals surface area contributed by atoms with Crippen molar-refractivity contribution >= 4 is 34.4 Å². The SMILES string of the molecule is Cn1cc(-c2cccc(N3CCc4c(sc5c4CCCC5)C3=O)c2CO)cc(Nc2ccc3c(n2)CCNC3)c1=O. The molecule has 0 unspecified atom stereocenters. The maximum atomic E-state index is 13.8. The van der Waals surface area contributed by atoms with Crippen molar-refractivity contribution in [3.8, 4) is 11.1 Å². The van der Waals surface area contributed by atoms with E-state index in [0.29, 0.717) is 23.6 Å². The van der Waals surface area contributed by atoms with Crippen LogP contribution < -0.4 is 21.1 Å². The fourth-order valence-electron chi connectivity index (χ4n) is 6.50. The van der Waals surface area contributed by atoms with Crippen LogP contribution in [0.15, 0.2) is 47.4 Å². The summed E-state index contributed by atoms with van der Waals surface area (Å²) in [6.45, 7) is 2.05. The van der Waals surface area contributed by atoms with Crippen molar-refractivity contribution in [1.29, 1.82) is 0 Å². The molecule has 2 aliphatic heterocycles. The number of pyridine rings is 2. The van der Waals surface area contributed by atoms with Gasteiger partial charge in [-0.1, -0.05) is 18.2 Å². The monoisotopic (exact) mass is 567 g/mol. The van der Waals surface area contributed by atoms with Crippen LogP contribution in [0.25, 0.3) is 11.1 Å². The van der Waals surface area contributed by atoms with E-state index in [1.165, 1.54) is 34.4 Å². The average molecular weight is 568 g/mol. The van der Waals surface area contributed by atoms with Crippen molar-refractivity contribution in [3.05, 3.63) is 90.7 Å². The largest absolute Gasteiger partial charge is 0.392 e. The Balaban J connectivity index is 1.24. The zero-order chi connectivity index (χ0) is 28.1. The molecule has 0 saturated carbocycles. The van der Waals surface area contributed by atoms with Crippen LogP contribution in [0.5, 0.6) is 0 Å². The first-order valence-electron chi connectivity index (χ1n) is 14.4. The van der Waals surface area contributed by atoms with Gasteiger partial charge in [0.1, 0.15) is 11.5 Å². The highest BCUT2D eigenvalue weighted by Crippen LogP contribution is 2.40. The number of rotatable bonds is 5. The molecule has 8 nitrogen and oxygen atoms in total. The smallest absolute Gasteiger partial charge is 0.274 e. The molecule has 3 aliphatic rings. The molecule has 1 aliphatic carbocycles. The summed E-state index contributed by atoms with van der Waals surface area (Å²) in [5.74, 6) is 0.651. The number of fused-ring (bicyclic) bond motifs is 4. The summed E-state index contributed by atoms with van der Waals surface area (Å²) >= 11 is 1.66. The van der Waals surface area contributed by atoms with Gasteiger partial charge in [-0.2, -0.15) is 0 Å². The lowest BCUT2D eigenvalue weighted by atomic mass is 9.91. The second-order valence-electron chi connectivity index (χ2n) is 11.1. The molecule has 3 N–H and O–H groups in total. The lowest BCUT2D eigenvalue weighted by molar-refractivity contribution is 0.0984. The van der Waals surface area contributed by atoms with Crippen molar-refractivity contribution < 1.29 is 9.90 Å². The van der Waals surface area contributed by atoms with Crippen LogP contribution in [0.1, 0.15) is 55.3 Å². The Morgan fingerprint density at radius 2 is 1.95 bits per heavy atom. The van der Waals surface area contributed by atoms with Gasteiger partial charge in [-0.15, -0.1) is 11.3 Å². The first-order chi connectivity index (χ1) is 20.0. The van der Waals surface area contributed by atoms with Crippen LogP contribution >= 0.6 is 11.3 Å². The number of carbonyl (C=O) groups is 1. The van der Waals surface area contributed by atoms with Gasteiger partial charge in [0.2, 0.25) is 0 Å². The van der Waals surface area contributed by atoms with Crippen molar-refractivity contribution in [2.24, 2.45) is 7.05 Å². The number of amides is 1. The summed E-state index contributed by atoms with van der Waals surface area (Å²) < 4.78 is 1.54.